The molecule has 3 aromatic rings. The number of halogens is 3. The van der Waals surface area contributed by atoms with Crippen molar-refractivity contribution in [3.8, 4) is 16.9 Å². The minimum Gasteiger partial charge on any atom is -0.406 e. The van der Waals surface area contributed by atoms with Crippen molar-refractivity contribution in [1.82, 2.24) is 0 Å². The van der Waals surface area contributed by atoms with Gasteiger partial charge in [0.05, 0.1) is 0 Å². The van der Waals surface area contributed by atoms with Crippen molar-refractivity contribution >= 4 is 10.8 Å². The molecule has 0 bridgehead atoms. The van der Waals surface area contributed by atoms with Crippen LogP contribution in [0.4, 0.5) is 13.2 Å². The maximum Gasteiger partial charge on any atom is 0.573 e. The van der Waals surface area contributed by atoms with Crippen molar-refractivity contribution in [3.63, 3.8) is 0 Å². The van der Waals surface area contributed by atoms with E-state index in [0.29, 0.717) is 5.92 Å². The van der Waals surface area contributed by atoms with Gasteiger partial charge in [-0.1, -0.05) is 55.8 Å². The zero-order valence-electron chi connectivity index (χ0n) is 16.5. The molecule has 1 fully saturated rings. The van der Waals surface area contributed by atoms with Crippen LogP contribution in [0.5, 0.6) is 5.75 Å². The largest absolute Gasteiger partial charge is 0.573 e. The van der Waals surface area contributed by atoms with E-state index >= 15 is 0 Å². The Morgan fingerprint density at radius 1 is 0.793 bits per heavy atom. The third kappa shape index (κ3) is 4.75. The Morgan fingerprint density at radius 2 is 1.41 bits per heavy atom. The van der Waals surface area contributed by atoms with Gasteiger partial charge >= 0.3 is 6.36 Å². The van der Waals surface area contributed by atoms with Crippen molar-refractivity contribution in [2.24, 2.45) is 5.92 Å². The zero-order chi connectivity index (χ0) is 20.4. The molecule has 4 heteroatoms. The number of benzene rings is 3. The van der Waals surface area contributed by atoms with Crippen LogP contribution >= 0.6 is 0 Å². The lowest BCUT2D eigenvalue weighted by Gasteiger charge is -2.28. The normalized spacial score (nSPS) is 20.0. The molecule has 3 aromatic carbocycles. The number of ether oxygens (including phenoxy) is 1. The molecule has 0 heterocycles. The molecular formula is C25H25F3O. The number of rotatable bonds is 4. The zero-order valence-corrected chi connectivity index (χ0v) is 16.5. The Bertz CT molecular complexity index is 968. The van der Waals surface area contributed by atoms with E-state index in [-0.39, 0.29) is 5.75 Å². The number of fused-ring (bicyclic) bond motifs is 1. The molecule has 29 heavy (non-hydrogen) atoms. The van der Waals surface area contributed by atoms with E-state index in [1.54, 1.807) is 6.07 Å². The standard InChI is InChI=1S/C25H25F3O/c1-2-17-3-5-18(6-4-17)19-7-9-20(10-8-19)21-11-12-23-16-24(29-25(26,27)28)14-13-22(23)15-21/h7-18H,2-6H2,1H3. The van der Waals surface area contributed by atoms with Crippen LogP contribution in [0.15, 0.2) is 60.7 Å². The number of hydrogen-bond donors (Lipinski definition) is 0. The summed E-state index contributed by atoms with van der Waals surface area (Å²) >= 11 is 0. The summed E-state index contributed by atoms with van der Waals surface area (Å²) in [5.41, 5.74) is 3.59. The van der Waals surface area contributed by atoms with Crippen LogP contribution in [0.25, 0.3) is 21.9 Å². The molecule has 0 saturated heterocycles. The van der Waals surface area contributed by atoms with E-state index in [1.807, 2.05) is 18.2 Å². The third-order valence-corrected chi connectivity index (χ3v) is 6.18. The Kier molecular flexibility index (Phi) is 5.53. The van der Waals surface area contributed by atoms with Gasteiger partial charge in [0.15, 0.2) is 0 Å². The van der Waals surface area contributed by atoms with E-state index < -0.39 is 6.36 Å². The lowest BCUT2D eigenvalue weighted by Crippen LogP contribution is -2.16. The second-order valence-corrected chi connectivity index (χ2v) is 8.02. The summed E-state index contributed by atoms with van der Waals surface area (Å²) < 4.78 is 41.2. The van der Waals surface area contributed by atoms with Crippen molar-refractivity contribution in [3.05, 3.63) is 66.2 Å². The second kappa shape index (κ2) is 8.10. The summed E-state index contributed by atoms with van der Waals surface area (Å²) in [6, 6.07) is 19.0. The smallest absolute Gasteiger partial charge is 0.406 e. The summed E-state index contributed by atoms with van der Waals surface area (Å²) in [7, 11) is 0. The maximum atomic E-state index is 12.4. The molecular weight excluding hydrogens is 373 g/mol. The predicted molar refractivity (Wildman–Crippen MR) is 111 cm³/mol. The predicted octanol–water partition coefficient (Wildman–Crippen LogP) is 8.09. The summed E-state index contributed by atoms with van der Waals surface area (Å²) in [6.07, 6.45) is 1.82. The van der Waals surface area contributed by atoms with Gasteiger partial charge in [0.1, 0.15) is 5.75 Å². The lowest BCUT2D eigenvalue weighted by molar-refractivity contribution is -0.274. The number of alkyl halides is 3. The Balaban J connectivity index is 1.51. The molecule has 0 spiro atoms. The fraction of sp³-hybridized carbons (Fsp3) is 0.360. The van der Waals surface area contributed by atoms with Crippen molar-refractivity contribution in [1.29, 1.82) is 0 Å². The maximum absolute atomic E-state index is 12.4. The molecule has 152 valence electrons. The van der Waals surface area contributed by atoms with Gasteiger partial charge in [0.25, 0.3) is 0 Å². The molecule has 0 atom stereocenters. The highest BCUT2D eigenvalue weighted by Gasteiger charge is 2.31. The minimum atomic E-state index is -4.68. The fourth-order valence-corrected chi connectivity index (χ4v) is 4.45. The van der Waals surface area contributed by atoms with Gasteiger partial charge in [-0.2, -0.15) is 0 Å². The second-order valence-electron chi connectivity index (χ2n) is 8.02. The molecule has 1 aliphatic rings. The van der Waals surface area contributed by atoms with Gasteiger partial charge in [-0.3, -0.25) is 0 Å². The topological polar surface area (TPSA) is 9.23 Å². The molecule has 0 N–H and O–H groups in total. The molecule has 0 unspecified atom stereocenters. The Morgan fingerprint density at radius 3 is 2.07 bits per heavy atom. The number of hydrogen-bond acceptors (Lipinski definition) is 1. The first-order chi connectivity index (χ1) is 13.9. The molecule has 0 amide bonds. The van der Waals surface area contributed by atoms with E-state index in [4.69, 9.17) is 0 Å². The fourth-order valence-electron chi connectivity index (χ4n) is 4.45. The first-order valence-corrected chi connectivity index (χ1v) is 10.3. The van der Waals surface area contributed by atoms with Gasteiger partial charge in [-0.25, -0.2) is 0 Å². The quantitative estimate of drug-likeness (QED) is 0.431. The van der Waals surface area contributed by atoms with Crippen LogP contribution < -0.4 is 4.74 Å². The van der Waals surface area contributed by atoms with Crippen LogP contribution in [-0.4, -0.2) is 6.36 Å². The average molecular weight is 398 g/mol. The van der Waals surface area contributed by atoms with Crippen LogP contribution in [0.2, 0.25) is 0 Å². The van der Waals surface area contributed by atoms with Gasteiger partial charge in [-0.15, -0.1) is 13.2 Å². The molecule has 1 aliphatic carbocycles. The van der Waals surface area contributed by atoms with Crippen LogP contribution in [0, 0.1) is 5.92 Å². The monoisotopic (exact) mass is 398 g/mol. The highest BCUT2D eigenvalue weighted by Crippen LogP contribution is 2.37. The molecule has 1 nitrogen and oxygen atoms in total. The molecule has 0 aromatic heterocycles. The van der Waals surface area contributed by atoms with E-state index in [2.05, 4.69) is 35.9 Å². The van der Waals surface area contributed by atoms with E-state index in [0.717, 1.165) is 27.8 Å². The average Bonchev–Trinajstić information content (AvgIpc) is 2.72. The summed E-state index contributed by atoms with van der Waals surface area (Å²) in [5.74, 6) is 1.36. The first-order valence-electron chi connectivity index (χ1n) is 10.3. The van der Waals surface area contributed by atoms with Crippen molar-refractivity contribution < 1.29 is 17.9 Å². The highest BCUT2D eigenvalue weighted by molar-refractivity contribution is 5.88. The summed E-state index contributed by atoms with van der Waals surface area (Å²) in [5, 5.41) is 1.61. The molecule has 1 saturated carbocycles. The highest BCUT2D eigenvalue weighted by atomic mass is 19.4. The van der Waals surface area contributed by atoms with Crippen LogP contribution in [0.1, 0.15) is 50.5 Å². The van der Waals surface area contributed by atoms with Gasteiger partial charge in [0.2, 0.25) is 0 Å². The van der Waals surface area contributed by atoms with Gasteiger partial charge in [0, 0.05) is 0 Å². The van der Waals surface area contributed by atoms with Crippen molar-refractivity contribution in [2.45, 2.75) is 51.3 Å². The third-order valence-electron chi connectivity index (χ3n) is 6.18. The summed E-state index contributed by atoms with van der Waals surface area (Å²) in [4.78, 5) is 0. The van der Waals surface area contributed by atoms with E-state index in [9.17, 15) is 13.2 Å². The molecule has 0 aliphatic heterocycles. The Labute approximate surface area is 169 Å². The Hall–Kier alpha value is -2.49. The van der Waals surface area contributed by atoms with Crippen LogP contribution in [-0.2, 0) is 0 Å². The molecule has 0 radical (unpaired) electrons. The van der Waals surface area contributed by atoms with Gasteiger partial charge < -0.3 is 4.74 Å². The van der Waals surface area contributed by atoms with Crippen molar-refractivity contribution in [2.75, 3.05) is 0 Å². The van der Waals surface area contributed by atoms with Crippen LogP contribution in [0.3, 0.4) is 0 Å². The first kappa shape index (κ1) is 19.8. The summed E-state index contributed by atoms with van der Waals surface area (Å²) in [6.45, 7) is 2.29. The van der Waals surface area contributed by atoms with E-state index in [1.165, 1.54) is 49.8 Å². The van der Waals surface area contributed by atoms with Gasteiger partial charge in [-0.05, 0) is 83.2 Å². The molecule has 4 rings (SSSR count). The SMILES string of the molecule is CCC1CCC(c2ccc(-c3ccc4cc(OC(F)(F)F)ccc4c3)cc2)CC1. The lowest BCUT2D eigenvalue weighted by atomic mass is 9.77. The minimum absolute atomic E-state index is 0.195.